The lowest BCUT2D eigenvalue weighted by atomic mass is 10.0. The van der Waals surface area contributed by atoms with Gasteiger partial charge in [0.25, 0.3) is 15.9 Å². The number of carbonyl (C=O) groups is 2. The van der Waals surface area contributed by atoms with Crippen LogP contribution in [0, 0.1) is 0 Å². The Balaban J connectivity index is 1.57. The molecule has 1 heterocycles. The molecule has 202 valence electrons. The highest BCUT2D eigenvalue weighted by Crippen LogP contribution is 2.31. The van der Waals surface area contributed by atoms with E-state index in [2.05, 4.69) is 15.4 Å². The van der Waals surface area contributed by atoms with Gasteiger partial charge >= 0.3 is 0 Å². The van der Waals surface area contributed by atoms with Crippen LogP contribution in [-0.4, -0.2) is 33.4 Å². The lowest BCUT2D eigenvalue weighted by Gasteiger charge is -2.19. The van der Waals surface area contributed by atoms with Crippen LogP contribution in [0.2, 0.25) is 10.0 Å². The summed E-state index contributed by atoms with van der Waals surface area (Å²) in [4.78, 5) is 25.8. The van der Waals surface area contributed by atoms with E-state index in [4.69, 9.17) is 32.4 Å². The van der Waals surface area contributed by atoms with Crippen molar-refractivity contribution in [1.82, 2.24) is 5.32 Å². The Morgan fingerprint density at radius 3 is 2.38 bits per heavy atom. The number of hydrogen-bond acceptors (Lipinski definition) is 6. The monoisotopic (exact) mass is 587 g/mol. The summed E-state index contributed by atoms with van der Waals surface area (Å²) in [6.45, 7) is 0. The van der Waals surface area contributed by atoms with Crippen LogP contribution >= 0.6 is 23.2 Å². The molecule has 1 unspecified atom stereocenters. The van der Waals surface area contributed by atoms with Gasteiger partial charge in [-0.25, -0.2) is 8.42 Å². The van der Waals surface area contributed by atoms with E-state index < -0.39 is 27.9 Å². The molecule has 9 nitrogen and oxygen atoms in total. The predicted molar refractivity (Wildman–Crippen MR) is 149 cm³/mol. The second-order valence-corrected chi connectivity index (χ2v) is 10.8. The first-order chi connectivity index (χ1) is 18.7. The third-order valence-corrected chi connectivity index (χ3v) is 7.66. The molecule has 4 aromatic rings. The molecule has 2 amide bonds. The van der Waals surface area contributed by atoms with Crippen LogP contribution in [0.25, 0.3) is 0 Å². The fourth-order valence-electron chi connectivity index (χ4n) is 3.64. The summed E-state index contributed by atoms with van der Waals surface area (Å²) in [5.74, 6) is -0.809. The first kappa shape index (κ1) is 28.0. The van der Waals surface area contributed by atoms with Gasteiger partial charge in [0.2, 0.25) is 5.91 Å². The van der Waals surface area contributed by atoms with Gasteiger partial charge in [0.15, 0.2) is 5.76 Å². The van der Waals surface area contributed by atoms with Crippen molar-refractivity contribution in [2.24, 2.45) is 0 Å². The van der Waals surface area contributed by atoms with Crippen molar-refractivity contribution in [3.05, 3.63) is 106 Å². The molecule has 4 rings (SSSR count). The number of halogens is 2. The summed E-state index contributed by atoms with van der Waals surface area (Å²) in [6.07, 6.45) is 1.56. The zero-order chi connectivity index (χ0) is 28.0. The van der Waals surface area contributed by atoms with E-state index in [0.717, 1.165) is 5.56 Å². The molecule has 0 spiro atoms. The van der Waals surface area contributed by atoms with Gasteiger partial charge in [-0.15, -0.1) is 0 Å². The SMILES string of the molecule is COc1ccc(NC(=O)C(Cc2ccccc2)NC(=O)c2ccco2)cc1NS(=O)(=O)c1ccc(Cl)c(Cl)c1. The van der Waals surface area contributed by atoms with Crippen molar-refractivity contribution in [3.63, 3.8) is 0 Å². The molecule has 0 saturated heterocycles. The number of benzene rings is 3. The molecule has 0 aliphatic rings. The minimum Gasteiger partial charge on any atom is -0.495 e. The number of rotatable bonds is 10. The Bertz CT molecular complexity index is 1580. The van der Waals surface area contributed by atoms with Gasteiger partial charge in [-0.3, -0.25) is 14.3 Å². The largest absolute Gasteiger partial charge is 0.495 e. The molecule has 0 fully saturated rings. The number of hydrogen-bond donors (Lipinski definition) is 3. The van der Waals surface area contributed by atoms with Gasteiger partial charge < -0.3 is 19.8 Å². The van der Waals surface area contributed by atoms with E-state index in [1.54, 1.807) is 12.1 Å². The maximum Gasteiger partial charge on any atom is 0.287 e. The van der Waals surface area contributed by atoms with Crippen molar-refractivity contribution >= 4 is 56.4 Å². The number of sulfonamides is 1. The van der Waals surface area contributed by atoms with Gasteiger partial charge in [0.05, 0.1) is 34.0 Å². The van der Waals surface area contributed by atoms with Gasteiger partial charge in [0.1, 0.15) is 11.8 Å². The van der Waals surface area contributed by atoms with E-state index in [9.17, 15) is 18.0 Å². The van der Waals surface area contributed by atoms with Crippen LogP contribution in [0.5, 0.6) is 5.75 Å². The van der Waals surface area contributed by atoms with Crippen molar-refractivity contribution in [2.75, 3.05) is 17.1 Å². The maximum absolute atomic E-state index is 13.3. The number of methoxy groups -OCH3 is 1. The van der Waals surface area contributed by atoms with Crippen molar-refractivity contribution < 1.29 is 27.2 Å². The molecular weight excluding hydrogens is 565 g/mol. The summed E-state index contributed by atoms with van der Waals surface area (Å²) in [6, 6.07) is 19.6. The summed E-state index contributed by atoms with van der Waals surface area (Å²) < 4.78 is 38.9. The lowest BCUT2D eigenvalue weighted by Crippen LogP contribution is -2.45. The first-order valence-corrected chi connectivity index (χ1v) is 13.8. The highest BCUT2D eigenvalue weighted by Gasteiger charge is 2.24. The smallest absolute Gasteiger partial charge is 0.287 e. The molecule has 3 N–H and O–H groups in total. The zero-order valence-corrected chi connectivity index (χ0v) is 22.8. The van der Waals surface area contributed by atoms with Crippen LogP contribution in [-0.2, 0) is 21.2 Å². The summed E-state index contributed by atoms with van der Waals surface area (Å²) in [7, 11) is -2.70. The van der Waals surface area contributed by atoms with Crippen LogP contribution in [0.4, 0.5) is 11.4 Å². The molecule has 0 radical (unpaired) electrons. The van der Waals surface area contributed by atoms with Crippen molar-refractivity contribution in [2.45, 2.75) is 17.4 Å². The molecule has 0 bridgehead atoms. The number of furan rings is 1. The number of ether oxygens (including phenoxy) is 1. The fourth-order valence-corrected chi connectivity index (χ4v) is 5.09. The summed E-state index contributed by atoms with van der Waals surface area (Å²) in [5, 5.41) is 5.71. The maximum atomic E-state index is 13.3. The third kappa shape index (κ3) is 7.11. The van der Waals surface area contributed by atoms with E-state index in [1.807, 2.05) is 30.3 Å². The summed E-state index contributed by atoms with van der Waals surface area (Å²) >= 11 is 11.9. The minimum absolute atomic E-state index is 0.0595. The van der Waals surface area contributed by atoms with Gasteiger partial charge in [-0.2, -0.15) is 0 Å². The number of nitrogens with one attached hydrogen (secondary N) is 3. The topological polar surface area (TPSA) is 127 Å². The Kier molecular flexibility index (Phi) is 8.80. The standard InChI is InChI=1S/C27H23Cl2N3O6S/c1-37-24-12-9-18(15-22(24)32-39(35,36)19-10-11-20(28)21(29)16-19)30-26(33)23(14-17-6-3-2-4-7-17)31-27(34)25-8-5-13-38-25/h2-13,15-16,23,32H,14H2,1H3,(H,30,33)(H,31,34). The van der Waals surface area contributed by atoms with E-state index in [1.165, 1.54) is 49.8 Å². The average molecular weight is 588 g/mol. The molecule has 1 aromatic heterocycles. The van der Waals surface area contributed by atoms with Gasteiger partial charge in [-0.1, -0.05) is 53.5 Å². The lowest BCUT2D eigenvalue weighted by molar-refractivity contribution is -0.118. The van der Waals surface area contributed by atoms with Gasteiger partial charge in [0, 0.05) is 12.1 Å². The highest BCUT2D eigenvalue weighted by molar-refractivity contribution is 7.92. The van der Waals surface area contributed by atoms with E-state index in [0.29, 0.717) is 0 Å². The second-order valence-electron chi connectivity index (χ2n) is 8.28. The summed E-state index contributed by atoms with van der Waals surface area (Å²) in [5.41, 5.74) is 1.15. The fraction of sp³-hybridized carbons (Fsp3) is 0.111. The molecule has 39 heavy (non-hydrogen) atoms. The molecule has 0 aliphatic carbocycles. The highest BCUT2D eigenvalue weighted by atomic mass is 35.5. The Morgan fingerprint density at radius 1 is 0.949 bits per heavy atom. The molecule has 0 aliphatic heterocycles. The Hall–Kier alpha value is -3.99. The minimum atomic E-state index is -4.08. The van der Waals surface area contributed by atoms with Gasteiger partial charge in [-0.05, 0) is 54.1 Å². The first-order valence-electron chi connectivity index (χ1n) is 11.5. The van der Waals surface area contributed by atoms with Crippen LogP contribution < -0.4 is 20.1 Å². The molecule has 1 atom stereocenters. The van der Waals surface area contributed by atoms with E-state index in [-0.39, 0.29) is 44.2 Å². The van der Waals surface area contributed by atoms with Crippen LogP contribution in [0.3, 0.4) is 0 Å². The third-order valence-electron chi connectivity index (χ3n) is 5.56. The molecular formula is C27H23Cl2N3O6S. The molecule has 3 aromatic carbocycles. The number of anilines is 2. The number of amides is 2. The molecule has 0 saturated carbocycles. The van der Waals surface area contributed by atoms with Crippen LogP contribution in [0.1, 0.15) is 16.1 Å². The Labute approximate surface area is 235 Å². The van der Waals surface area contributed by atoms with Crippen molar-refractivity contribution in [1.29, 1.82) is 0 Å². The molecule has 12 heteroatoms. The van der Waals surface area contributed by atoms with Crippen molar-refractivity contribution in [3.8, 4) is 5.75 Å². The number of carbonyl (C=O) groups excluding carboxylic acids is 2. The average Bonchev–Trinajstić information content (AvgIpc) is 3.46. The van der Waals surface area contributed by atoms with E-state index >= 15 is 0 Å². The normalized spacial score (nSPS) is 11.9. The quantitative estimate of drug-likeness (QED) is 0.229. The second kappa shape index (κ2) is 12.2. The Morgan fingerprint density at radius 2 is 1.72 bits per heavy atom. The van der Waals surface area contributed by atoms with Crippen LogP contribution in [0.15, 0.2) is 94.4 Å². The predicted octanol–water partition coefficient (Wildman–Crippen LogP) is 5.38. The zero-order valence-electron chi connectivity index (χ0n) is 20.5.